The molecule has 0 unspecified atom stereocenters. The van der Waals surface area contributed by atoms with Gasteiger partial charge in [-0.15, -0.1) is 0 Å². The van der Waals surface area contributed by atoms with Crippen molar-refractivity contribution in [3.8, 4) is 5.75 Å². The number of amides is 1. The molecule has 0 fully saturated rings. The fourth-order valence-corrected chi connectivity index (χ4v) is 2.37. The lowest BCUT2D eigenvalue weighted by molar-refractivity contribution is 0.102. The zero-order chi connectivity index (χ0) is 16.1. The Labute approximate surface area is 135 Å². The van der Waals surface area contributed by atoms with E-state index in [-0.39, 0.29) is 5.91 Å². The Kier molecular flexibility index (Phi) is 4.52. The average molecular weight is 306 g/mol. The summed E-state index contributed by atoms with van der Waals surface area (Å²) in [5, 5.41) is 3.82. The lowest BCUT2D eigenvalue weighted by atomic mass is 10.1. The molecule has 4 heteroatoms. The van der Waals surface area contributed by atoms with Crippen molar-refractivity contribution in [2.75, 3.05) is 11.9 Å². The summed E-state index contributed by atoms with van der Waals surface area (Å²) in [6.07, 6.45) is 2.66. The maximum Gasteiger partial charge on any atom is 0.255 e. The lowest BCUT2D eigenvalue weighted by Crippen LogP contribution is -2.12. The molecule has 2 aromatic carbocycles. The Hall–Kier alpha value is -2.88. The van der Waals surface area contributed by atoms with Crippen molar-refractivity contribution in [3.05, 3.63) is 66.4 Å². The van der Waals surface area contributed by atoms with Crippen molar-refractivity contribution < 1.29 is 9.53 Å². The van der Waals surface area contributed by atoms with Crippen LogP contribution in [0.25, 0.3) is 10.9 Å². The Balaban J connectivity index is 1.94. The first-order valence-electron chi connectivity index (χ1n) is 7.66. The van der Waals surface area contributed by atoms with Crippen molar-refractivity contribution in [1.82, 2.24) is 4.98 Å². The Morgan fingerprint density at radius 1 is 1.09 bits per heavy atom. The Morgan fingerprint density at radius 3 is 2.70 bits per heavy atom. The van der Waals surface area contributed by atoms with Crippen LogP contribution in [0.3, 0.4) is 0 Å². The number of hydrogen-bond donors (Lipinski definition) is 1. The summed E-state index contributed by atoms with van der Waals surface area (Å²) in [7, 11) is 0. The second-order valence-corrected chi connectivity index (χ2v) is 5.18. The van der Waals surface area contributed by atoms with E-state index in [4.69, 9.17) is 4.74 Å². The SMILES string of the molecule is CCCOc1ccc(NC(=O)c2ccccc2)c2cccnc12. The quantitative estimate of drug-likeness (QED) is 0.765. The minimum atomic E-state index is -0.141. The molecule has 0 saturated heterocycles. The van der Waals surface area contributed by atoms with Gasteiger partial charge in [-0.1, -0.05) is 25.1 Å². The van der Waals surface area contributed by atoms with Crippen LogP contribution in [-0.2, 0) is 0 Å². The molecule has 1 amide bonds. The molecular weight excluding hydrogens is 288 g/mol. The van der Waals surface area contributed by atoms with Crippen LogP contribution in [0, 0.1) is 0 Å². The van der Waals surface area contributed by atoms with Crippen LogP contribution in [0.2, 0.25) is 0 Å². The number of nitrogens with one attached hydrogen (secondary N) is 1. The third kappa shape index (κ3) is 3.31. The van der Waals surface area contributed by atoms with Gasteiger partial charge in [0.2, 0.25) is 0 Å². The molecule has 3 rings (SSSR count). The summed E-state index contributed by atoms with van der Waals surface area (Å²) in [5.74, 6) is 0.595. The van der Waals surface area contributed by atoms with E-state index >= 15 is 0 Å². The van der Waals surface area contributed by atoms with Crippen LogP contribution in [0.1, 0.15) is 23.7 Å². The first-order valence-corrected chi connectivity index (χ1v) is 7.66. The van der Waals surface area contributed by atoms with Gasteiger partial charge in [0.25, 0.3) is 5.91 Å². The molecule has 3 aromatic rings. The van der Waals surface area contributed by atoms with Crippen LogP contribution in [0.5, 0.6) is 5.75 Å². The first-order chi connectivity index (χ1) is 11.3. The van der Waals surface area contributed by atoms with Gasteiger partial charge < -0.3 is 10.1 Å². The second kappa shape index (κ2) is 6.92. The maximum atomic E-state index is 12.4. The Morgan fingerprint density at radius 2 is 1.91 bits per heavy atom. The van der Waals surface area contributed by atoms with Gasteiger partial charge >= 0.3 is 0 Å². The minimum Gasteiger partial charge on any atom is -0.491 e. The number of ether oxygens (including phenoxy) is 1. The molecular formula is C19H18N2O2. The molecule has 1 aromatic heterocycles. The summed E-state index contributed by atoms with van der Waals surface area (Å²) >= 11 is 0. The van der Waals surface area contributed by atoms with Crippen LogP contribution >= 0.6 is 0 Å². The number of rotatable bonds is 5. The number of benzene rings is 2. The highest BCUT2D eigenvalue weighted by atomic mass is 16.5. The van der Waals surface area contributed by atoms with E-state index in [2.05, 4.69) is 17.2 Å². The second-order valence-electron chi connectivity index (χ2n) is 5.18. The van der Waals surface area contributed by atoms with E-state index in [0.717, 1.165) is 28.8 Å². The topological polar surface area (TPSA) is 51.2 Å². The predicted molar refractivity (Wildman–Crippen MR) is 91.9 cm³/mol. The molecule has 0 aliphatic carbocycles. The number of nitrogens with zero attached hydrogens (tertiary/aromatic N) is 1. The lowest BCUT2D eigenvalue weighted by Gasteiger charge is -2.12. The van der Waals surface area contributed by atoms with E-state index in [1.807, 2.05) is 42.5 Å². The van der Waals surface area contributed by atoms with Crippen LogP contribution in [0.15, 0.2) is 60.8 Å². The standard InChI is InChI=1S/C19H18N2O2/c1-2-13-23-17-11-10-16(15-9-6-12-20-18(15)17)21-19(22)14-7-4-3-5-8-14/h3-12H,2,13H2,1H3,(H,21,22). The fourth-order valence-electron chi connectivity index (χ4n) is 2.37. The highest BCUT2D eigenvalue weighted by Crippen LogP contribution is 2.30. The van der Waals surface area contributed by atoms with Crippen LogP contribution < -0.4 is 10.1 Å². The highest BCUT2D eigenvalue weighted by molar-refractivity contribution is 6.09. The summed E-state index contributed by atoms with van der Waals surface area (Å²) < 4.78 is 5.74. The van der Waals surface area contributed by atoms with E-state index < -0.39 is 0 Å². The van der Waals surface area contributed by atoms with E-state index in [0.29, 0.717) is 12.2 Å². The van der Waals surface area contributed by atoms with Gasteiger partial charge in [0.15, 0.2) is 0 Å². The number of pyridine rings is 1. The van der Waals surface area contributed by atoms with Gasteiger partial charge in [-0.05, 0) is 42.8 Å². The van der Waals surface area contributed by atoms with Gasteiger partial charge in [0, 0.05) is 17.1 Å². The molecule has 0 aliphatic heterocycles. The molecule has 0 bridgehead atoms. The van der Waals surface area contributed by atoms with Gasteiger partial charge in [0.1, 0.15) is 11.3 Å². The molecule has 0 atom stereocenters. The summed E-state index contributed by atoms with van der Waals surface area (Å²) in [5.41, 5.74) is 2.11. The molecule has 0 aliphatic rings. The molecule has 1 N–H and O–H groups in total. The average Bonchev–Trinajstić information content (AvgIpc) is 2.62. The number of carbonyl (C=O) groups is 1. The van der Waals surface area contributed by atoms with E-state index in [9.17, 15) is 4.79 Å². The van der Waals surface area contributed by atoms with Gasteiger partial charge in [-0.25, -0.2) is 0 Å². The predicted octanol–water partition coefficient (Wildman–Crippen LogP) is 4.28. The van der Waals surface area contributed by atoms with Gasteiger partial charge in [-0.3, -0.25) is 9.78 Å². The first kappa shape index (κ1) is 15.0. The summed E-state index contributed by atoms with van der Waals surface area (Å²) in [6, 6.07) is 16.6. The Bertz CT molecular complexity index is 816. The zero-order valence-corrected chi connectivity index (χ0v) is 13.0. The van der Waals surface area contributed by atoms with Gasteiger partial charge in [-0.2, -0.15) is 0 Å². The molecule has 116 valence electrons. The number of carbonyl (C=O) groups excluding carboxylic acids is 1. The van der Waals surface area contributed by atoms with E-state index in [1.165, 1.54) is 0 Å². The fraction of sp³-hybridized carbons (Fsp3) is 0.158. The zero-order valence-electron chi connectivity index (χ0n) is 13.0. The molecule has 0 spiro atoms. The highest BCUT2D eigenvalue weighted by Gasteiger charge is 2.11. The number of fused-ring (bicyclic) bond motifs is 1. The van der Waals surface area contributed by atoms with Gasteiger partial charge in [0.05, 0.1) is 12.3 Å². The summed E-state index contributed by atoms with van der Waals surface area (Å²) in [4.78, 5) is 16.8. The molecule has 1 heterocycles. The van der Waals surface area contributed by atoms with Crippen LogP contribution in [-0.4, -0.2) is 17.5 Å². The smallest absolute Gasteiger partial charge is 0.255 e. The van der Waals surface area contributed by atoms with Crippen molar-refractivity contribution in [2.45, 2.75) is 13.3 Å². The monoisotopic (exact) mass is 306 g/mol. The molecule has 23 heavy (non-hydrogen) atoms. The minimum absolute atomic E-state index is 0.141. The normalized spacial score (nSPS) is 10.5. The van der Waals surface area contributed by atoms with Crippen molar-refractivity contribution in [1.29, 1.82) is 0 Å². The molecule has 0 saturated carbocycles. The van der Waals surface area contributed by atoms with Crippen molar-refractivity contribution >= 4 is 22.5 Å². The van der Waals surface area contributed by atoms with Crippen LogP contribution in [0.4, 0.5) is 5.69 Å². The molecule has 0 radical (unpaired) electrons. The third-order valence-corrected chi connectivity index (χ3v) is 3.48. The largest absolute Gasteiger partial charge is 0.491 e. The number of aromatic nitrogens is 1. The van der Waals surface area contributed by atoms with E-state index in [1.54, 1.807) is 18.3 Å². The number of hydrogen-bond acceptors (Lipinski definition) is 3. The maximum absolute atomic E-state index is 12.4. The summed E-state index contributed by atoms with van der Waals surface area (Å²) in [6.45, 7) is 2.70. The van der Waals surface area contributed by atoms with Crippen molar-refractivity contribution in [2.24, 2.45) is 0 Å². The number of anilines is 1. The third-order valence-electron chi connectivity index (χ3n) is 3.48. The molecule has 4 nitrogen and oxygen atoms in total. The van der Waals surface area contributed by atoms with Crippen molar-refractivity contribution in [3.63, 3.8) is 0 Å².